The molecule has 0 unspecified atom stereocenters. The second-order valence-electron chi connectivity index (χ2n) is 7.57. The van der Waals surface area contributed by atoms with E-state index in [1.165, 1.54) is 31.4 Å². The topological polar surface area (TPSA) is 49.4 Å². The largest absolute Gasteiger partial charge is 0.352 e. The number of likely N-dealkylation sites (tertiary alicyclic amines) is 1. The normalized spacial score (nSPS) is 21.0. The fraction of sp³-hybridized carbons (Fsp3) is 0.619. The third-order valence-electron chi connectivity index (χ3n) is 5.60. The molecule has 0 aromatic heterocycles. The Labute approximate surface area is 155 Å². The Balaban J connectivity index is 1.46. The van der Waals surface area contributed by atoms with Crippen LogP contribution in [0, 0.1) is 5.82 Å². The van der Waals surface area contributed by atoms with Gasteiger partial charge in [-0.05, 0) is 56.2 Å². The molecule has 1 aromatic carbocycles. The van der Waals surface area contributed by atoms with Gasteiger partial charge in [0, 0.05) is 19.0 Å². The van der Waals surface area contributed by atoms with Gasteiger partial charge >= 0.3 is 0 Å². The standard InChI is InChI=1S/C21H29FN2O2/c22-17-13-11-16(12-14-17)6-4-10-20(25)24-15-5-9-19(24)21(26)23-18-7-2-1-3-8-18/h11-14,18-19H,1-10,15H2,(H,23,26)/t19-/m0/s1. The van der Waals surface area contributed by atoms with Crippen molar-refractivity contribution in [1.82, 2.24) is 10.2 Å². The average Bonchev–Trinajstić information content (AvgIpc) is 3.14. The van der Waals surface area contributed by atoms with E-state index in [-0.39, 0.29) is 29.7 Å². The highest BCUT2D eigenvalue weighted by Crippen LogP contribution is 2.22. The van der Waals surface area contributed by atoms with Crippen molar-refractivity contribution in [2.75, 3.05) is 6.54 Å². The number of carbonyl (C=O) groups excluding carboxylic acids is 2. The molecular formula is C21H29FN2O2. The summed E-state index contributed by atoms with van der Waals surface area (Å²) >= 11 is 0. The second-order valence-corrected chi connectivity index (χ2v) is 7.57. The molecule has 142 valence electrons. The van der Waals surface area contributed by atoms with Crippen LogP contribution in [0.25, 0.3) is 0 Å². The van der Waals surface area contributed by atoms with Gasteiger partial charge in [-0.15, -0.1) is 0 Å². The Bertz CT molecular complexity index is 611. The summed E-state index contributed by atoms with van der Waals surface area (Å²) in [5.74, 6) is -0.150. The highest BCUT2D eigenvalue weighted by Gasteiger charge is 2.34. The maximum Gasteiger partial charge on any atom is 0.243 e. The van der Waals surface area contributed by atoms with Gasteiger partial charge in [-0.25, -0.2) is 4.39 Å². The third kappa shape index (κ3) is 5.05. The van der Waals surface area contributed by atoms with Crippen molar-refractivity contribution < 1.29 is 14.0 Å². The lowest BCUT2D eigenvalue weighted by atomic mass is 9.95. The van der Waals surface area contributed by atoms with Crippen LogP contribution in [0.15, 0.2) is 24.3 Å². The molecule has 1 aliphatic carbocycles. The fourth-order valence-electron chi connectivity index (χ4n) is 4.12. The molecule has 5 heteroatoms. The first-order valence-electron chi connectivity index (χ1n) is 9.98. The van der Waals surface area contributed by atoms with Crippen LogP contribution >= 0.6 is 0 Å². The van der Waals surface area contributed by atoms with E-state index in [4.69, 9.17) is 0 Å². The molecule has 1 saturated carbocycles. The van der Waals surface area contributed by atoms with Crippen LogP contribution in [0.1, 0.15) is 63.4 Å². The summed E-state index contributed by atoms with van der Waals surface area (Å²) < 4.78 is 12.9. The van der Waals surface area contributed by atoms with Crippen molar-refractivity contribution in [3.63, 3.8) is 0 Å². The first-order valence-corrected chi connectivity index (χ1v) is 9.98. The maximum absolute atomic E-state index is 12.9. The highest BCUT2D eigenvalue weighted by atomic mass is 19.1. The Morgan fingerprint density at radius 2 is 1.77 bits per heavy atom. The summed E-state index contributed by atoms with van der Waals surface area (Å²) in [6.45, 7) is 0.679. The average molecular weight is 360 g/mol. The van der Waals surface area contributed by atoms with Gasteiger partial charge in [0.2, 0.25) is 11.8 Å². The molecule has 2 amide bonds. The zero-order valence-electron chi connectivity index (χ0n) is 15.4. The van der Waals surface area contributed by atoms with Crippen LogP contribution in [0.5, 0.6) is 0 Å². The molecule has 1 heterocycles. The molecule has 4 nitrogen and oxygen atoms in total. The third-order valence-corrected chi connectivity index (χ3v) is 5.60. The second kappa shape index (κ2) is 9.15. The Kier molecular flexibility index (Phi) is 6.64. The molecule has 2 aliphatic rings. The van der Waals surface area contributed by atoms with Gasteiger partial charge in [-0.2, -0.15) is 0 Å². The summed E-state index contributed by atoms with van der Waals surface area (Å²) in [6, 6.07) is 6.40. The van der Waals surface area contributed by atoms with Gasteiger partial charge in [0.25, 0.3) is 0 Å². The van der Waals surface area contributed by atoms with Crippen LogP contribution in [-0.2, 0) is 16.0 Å². The first kappa shape index (κ1) is 18.9. The van der Waals surface area contributed by atoms with E-state index in [1.54, 1.807) is 17.0 Å². The molecule has 0 radical (unpaired) electrons. The number of aryl methyl sites for hydroxylation is 1. The van der Waals surface area contributed by atoms with Crippen LogP contribution in [-0.4, -0.2) is 35.3 Å². The van der Waals surface area contributed by atoms with E-state index in [1.807, 2.05) is 0 Å². The highest BCUT2D eigenvalue weighted by molar-refractivity contribution is 5.88. The zero-order chi connectivity index (χ0) is 18.4. The summed E-state index contributed by atoms with van der Waals surface area (Å²) in [5, 5.41) is 3.16. The molecule has 3 rings (SSSR count). The monoisotopic (exact) mass is 360 g/mol. The van der Waals surface area contributed by atoms with Crippen molar-refractivity contribution in [1.29, 1.82) is 0 Å². The lowest BCUT2D eigenvalue weighted by Gasteiger charge is -2.28. The molecule has 1 atom stereocenters. The number of hydrogen-bond acceptors (Lipinski definition) is 2. The van der Waals surface area contributed by atoms with E-state index in [0.717, 1.165) is 44.1 Å². The quantitative estimate of drug-likeness (QED) is 0.843. The van der Waals surface area contributed by atoms with Gasteiger partial charge in [0.15, 0.2) is 0 Å². The van der Waals surface area contributed by atoms with Crippen molar-refractivity contribution in [2.24, 2.45) is 0 Å². The summed E-state index contributed by atoms with van der Waals surface area (Å²) in [7, 11) is 0. The van der Waals surface area contributed by atoms with E-state index >= 15 is 0 Å². The number of hydrogen-bond donors (Lipinski definition) is 1. The minimum Gasteiger partial charge on any atom is -0.352 e. The minimum atomic E-state index is -0.296. The molecule has 0 bridgehead atoms. The SMILES string of the molecule is O=C(NC1CCCCC1)[C@@H]1CCCN1C(=O)CCCc1ccc(F)cc1. The molecule has 26 heavy (non-hydrogen) atoms. The van der Waals surface area contributed by atoms with Crippen molar-refractivity contribution >= 4 is 11.8 Å². The number of halogens is 1. The van der Waals surface area contributed by atoms with Crippen LogP contribution in [0.4, 0.5) is 4.39 Å². The van der Waals surface area contributed by atoms with Gasteiger partial charge in [0.1, 0.15) is 11.9 Å². The van der Waals surface area contributed by atoms with E-state index < -0.39 is 0 Å². The lowest BCUT2D eigenvalue weighted by Crippen LogP contribution is -2.49. The zero-order valence-corrected chi connectivity index (χ0v) is 15.4. The van der Waals surface area contributed by atoms with Crippen LogP contribution < -0.4 is 5.32 Å². The van der Waals surface area contributed by atoms with Gasteiger partial charge in [0.05, 0.1) is 0 Å². The number of rotatable bonds is 6. The van der Waals surface area contributed by atoms with E-state index in [9.17, 15) is 14.0 Å². The molecule has 1 saturated heterocycles. The number of benzene rings is 1. The van der Waals surface area contributed by atoms with Crippen molar-refractivity contribution in [2.45, 2.75) is 76.3 Å². The summed E-state index contributed by atoms with van der Waals surface area (Å²) in [6.07, 6.45) is 9.31. The van der Waals surface area contributed by atoms with E-state index in [2.05, 4.69) is 5.32 Å². The molecule has 1 N–H and O–H groups in total. The van der Waals surface area contributed by atoms with Gasteiger partial charge in [-0.1, -0.05) is 31.4 Å². The Hall–Kier alpha value is -1.91. The lowest BCUT2D eigenvalue weighted by molar-refractivity contribution is -0.138. The van der Waals surface area contributed by atoms with Crippen molar-refractivity contribution in [3.05, 3.63) is 35.6 Å². The Morgan fingerprint density at radius 1 is 1.04 bits per heavy atom. The number of nitrogens with zero attached hydrogens (tertiary/aromatic N) is 1. The fourth-order valence-corrected chi connectivity index (χ4v) is 4.12. The number of nitrogens with one attached hydrogen (secondary N) is 1. The molecule has 2 fully saturated rings. The molecule has 0 spiro atoms. The number of carbonyl (C=O) groups is 2. The predicted molar refractivity (Wildman–Crippen MR) is 99.1 cm³/mol. The first-order chi connectivity index (χ1) is 12.6. The smallest absolute Gasteiger partial charge is 0.243 e. The summed E-state index contributed by atoms with van der Waals surface area (Å²) in [5.41, 5.74) is 1.03. The maximum atomic E-state index is 12.9. The van der Waals surface area contributed by atoms with Crippen molar-refractivity contribution in [3.8, 4) is 0 Å². The van der Waals surface area contributed by atoms with E-state index in [0.29, 0.717) is 13.0 Å². The van der Waals surface area contributed by atoms with Gasteiger partial charge in [-0.3, -0.25) is 9.59 Å². The summed E-state index contributed by atoms with van der Waals surface area (Å²) in [4.78, 5) is 27.0. The predicted octanol–water partition coefficient (Wildman–Crippen LogP) is 3.59. The van der Waals surface area contributed by atoms with Crippen LogP contribution in [0.2, 0.25) is 0 Å². The molecule has 1 aliphatic heterocycles. The van der Waals surface area contributed by atoms with Gasteiger partial charge < -0.3 is 10.2 Å². The number of amides is 2. The molecular weight excluding hydrogens is 331 g/mol. The molecule has 1 aromatic rings. The van der Waals surface area contributed by atoms with Crippen LogP contribution in [0.3, 0.4) is 0 Å². The minimum absolute atomic E-state index is 0.0290. The Morgan fingerprint density at radius 3 is 2.50 bits per heavy atom.